The molecule has 4 nitrogen and oxygen atoms in total. The third-order valence-electron chi connectivity index (χ3n) is 23.6. The Morgan fingerprint density at radius 3 is 0.577 bits per heavy atom. The Balaban J connectivity index is 0.000000120. The molecule has 24 aromatic rings. The zero-order valence-electron chi connectivity index (χ0n) is 76.8. The Kier molecular flexibility index (Phi) is 36.8. The van der Waals surface area contributed by atoms with Gasteiger partial charge in [-0.15, -0.1) is 0 Å². The summed E-state index contributed by atoms with van der Waals surface area (Å²) < 4.78 is 15.0. The van der Waals surface area contributed by atoms with Gasteiger partial charge in [0.2, 0.25) is 0 Å². The minimum absolute atomic E-state index is 0. The van der Waals surface area contributed by atoms with E-state index in [1.807, 2.05) is 103 Å². The van der Waals surface area contributed by atoms with Crippen molar-refractivity contribution in [2.75, 3.05) is 0 Å². The van der Waals surface area contributed by atoms with Crippen molar-refractivity contribution in [1.29, 1.82) is 0 Å². The Morgan fingerprint density at radius 1 is 0.176 bits per heavy atom. The van der Waals surface area contributed by atoms with Crippen molar-refractivity contribution in [3.05, 3.63) is 584 Å². The van der Waals surface area contributed by atoms with Gasteiger partial charge in [0.15, 0.2) is 0 Å². The van der Waals surface area contributed by atoms with Crippen molar-refractivity contribution >= 4 is 221 Å². The quantitative estimate of drug-likeness (QED) is 0.0747. The number of hydrogen-bond acceptors (Lipinski definition) is 4. The first-order valence-electron chi connectivity index (χ1n) is 46.3. The Hall–Kier alpha value is -13.2. The van der Waals surface area contributed by atoms with Gasteiger partial charge < -0.3 is 18.9 Å². The molecule has 0 atom stereocenters. The van der Waals surface area contributed by atoms with Crippen LogP contribution >= 0.6 is 79.5 Å². The zero-order valence-corrected chi connectivity index (χ0v) is 86.7. The molecule has 2 N–H and O–H groups in total. The molecule has 13 heteroatoms. The molecule has 0 amide bonds. The average molecular weight is 2200 g/mol. The predicted molar refractivity (Wildman–Crippen MR) is 625 cm³/mol. The van der Waals surface area contributed by atoms with E-state index in [1.165, 1.54) is 96.7 Å². The maximum absolute atomic E-state index is 9.58. The summed E-state index contributed by atoms with van der Waals surface area (Å²) in [6.07, 6.45) is 0. The summed E-state index contributed by atoms with van der Waals surface area (Å²) in [5.41, 5.74) is 10.9. The third-order valence-corrected chi connectivity index (χ3v) is 34.8. The van der Waals surface area contributed by atoms with Gasteiger partial charge in [0, 0.05) is 55.4 Å². The first kappa shape index (κ1) is 102. The molecule has 0 aliphatic rings. The molecule has 0 bridgehead atoms. The molecule has 22 aromatic carbocycles. The fraction of sp³-hybridized carbons (Fsp3) is 0.00775. The Bertz CT molecular complexity index is 7130. The molecular formula is C129H100BBr3O4P4Pd. The molecule has 0 aliphatic heterocycles. The second-order valence-corrected chi connectivity index (χ2v) is 44.5. The summed E-state index contributed by atoms with van der Waals surface area (Å²) in [4.78, 5) is 0. The van der Waals surface area contributed by atoms with Crippen LogP contribution in [0.2, 0.25) is 0 Å². The fourth-order valence-corrected chi connectivity index (χ4v) is 27.3. The van der Waals surface area contributed by atoms with Gasteiger partial charge in [-0.05, 0) is 241 Å². The SMILES string of the molecule is Brc1ccc2oc3ccc(-c4cc5ccccc5cc4-c4ccccc4)cc3c2c1.Brc1ccc2oc3ccc(Br)cc3c2c1.C.OB(O)c1cc2ccccc2cc1-c1ccccc1.[Pd].c1ccc(P(c2ccccc2)c2ccccc2)cc1.c1ccc(P(c2ccccc2)c2ccccc2)cc1.c1ccc(P(c2ccccc2)c2ccccc2)cc1.c1ccc(P(c2ccccc2)c2ccccc2)cc1. The topological polar surface area (TPSA) is 66.7 Å². The summed E-state index contributed by atoms with van der Waals surface area (Å²) in [6, 6.07) is 199. The van der Waals surface area contributed by atoms with E-state index in [9.17, 15) is 10.0 Å². The van der Waals surface area contributed by atoms with E-state index in [0.29, 0.717) is 5.46 Å². The zero-order chi connectivity index (χ0) is 95.4. The summed E-state index contributed by atoms with van der Waals surface area (Å²) in [5, 5.41) is 45.1. The van der Waals surface area contributed by atoms with Crippen LogP contribution in [0.3, 0.4) is 0 Å². The Labute approximate surface area is 876 Å². The van der Waals surface area contributed by atoms with Crippen LogP contribution < -0.4 is 69.1 Å². The van der Waals surface area contributed by atoms with Crippen LogP contribution in [0.5, 0.6) is 0 Å². The van der Waals surface area contributed by atoms with Gasteiger partial charge in [0.1, 0.15) is 22.3 Å². The van der Waals surface area contributed by atoms with Gasteiger partial charge in [-0.3, -0.25) is 0 Å². The number of furan rings is 2. The smallest absolute Gasteiger partial charge is 0.456 e. The molecule has 2 aromatic heterocycles. The molecule has 0 unspecified atom stereocenters. The van der Waals surface area contributed by atoms with E-state index < -0.39 is 38.8 Å². The van der Waals surface area contributed by atoms with Crippen LogP contribution in [-0.2, 0) is 20.4 Å². The van der Waals surface area contributed by atoms with Crippen molar-refractivity contribution in [1.82, 2.24) is 0 Å². The summed E-state index contributed by atoms with van der Waals surface area (Å²) in [7, 11) is -3.26. The first-order valence-corrected chi connectivity index (χ1v) is 54.0. The van der Waals surface area contributed by atoms with E-state index in [0.717, 1.165) is 79.2 Å². The van der Waals surface area contributed by atoms with Crippen LogP contribution in [0.15, 0.2) is 592 Å². The first-order chi connectivity index (χ1) is 69.0. The molecular weight excluding hydrogens is 2090 g/mol. The van der Waals surface area contributed by atoms with Gasteiger partial charge in [0.25, 0.3) is 0 Å². The van der Waals surface area contributed by atoms with Crippen LogP contribution in [0, 0.1) is 0 Å². The molecule has 2 heterocycles. The maximum Gasteiger partial charge on any atom is 0.489 e. The third kappa shape index (κ3) is 26.2. The van der Waals surface area contributed by atoms with Crippen molar-refractivity contribution in [3.63, 3.8) is 0 Å². The second kappa shape index (κ2) is 51.4. The van der Waals surface area contributed by atoms with Gasteiger partial charge in [-0.1, -0.05) is 541 Å². The number of hydrogen-bond donors (Lipinski definition) is 2. The molecule has 0 spiro atoms. The van der Waals surface area contributed by atoms with Gasteiger partial charge in [-0.2, -0.15) is 0 Å². The fourth-order valence-electron chi connectivity index (χ4n) is 17.0. The molecule has 0 radical (unpaired) electrons. The number of benzene rings is 22. The van der Waals surface area contributed by atoms with Gasteiger partial charge >= 0.3 is 7.12 Å². The molecule has 0 fully saturated rings. The van der Waals surface area contributed by atoms with E-state index in [4.69, 9.17) is 8.83 Å². The standard InChI is InChI=1S/C28H17BrO.4C18H15P.C16H13BO2.C12H6Br2O.CH4.Pd/c29-22-11-13-28-26(17-22)25-16-21(10-12-27(25)30-28)24-15-20-9-5-4-8-19(20)14-23(24)18-6-2-1-3-7-18;4*1-4-10-16(11-5-1)19(17-12-6-2-7-13-17)18-14-8-3-9-15-18;18-17(19)16-11-14-9-5-4-8-13(14)10-15(16)12-6-2-1-3-7-12;13-7-1-3-11-9(5-7)10-6-8(14)2-4-12(10)15-11;;/h1-17H;4*1-15H;1-11,18-19H;1-6H;1H4;. The molecule has 142 heavy (non-hydrogen) atoms. The van der Waals surface area contributed by atoms with Crippen LogP contribution in [-0.4, -0.2) is 17.2 Å². The van der Waals surface area contributed by atoms with Crippen molar-refractivity contribution < 1.29 is 39.3 Å². The molecule has 24 rings (SSSR count). The molecule has 0 saturated carbocycles. The van der Waals surface area contributed by atoms with E-state index >= 15 is 0 Å². The average Bonchev–Trinajstić information content (AvgIpc) is 1.53. The normalized spacial score (nSPS) is 10.7. The van der Waals surface area contributed by atoms with Crippen molar-refractivity contribution in [3.8, 4) is 33.4 Å². The Morgan fingerprint density at radius 2 is 0.352 bits per heavy atom. The van der Waals surface area contributed by atoms with Gasteiger partial charge in [-0.25, -0.2) is 0 Å². The van der Waals surface area contributed by atoms with E-state index in [1.54, 1.807) is 0 Å². The largest absolute Gasteiger partial charge is 0.489 e. The minimum atomic E-state index is -1.47. The van der Waals surface area contributed by atoms with Crippen molar-refractivity contribution in [2.24, 2.45) is 0 Å². The van der Waals surface area contributed by atoms with E-state index in [-0.39, 0.29) is 27.8 Å². The van der Waals surface area contributed by atoms with Crippen LogP contribution in [0.4, 0.5) is 0 Å². The van der Waals surface area contributed by atoms with Crippen LogP contribution in [0.1, 0.15) is 7.43 Å². The molecule has 0 aliphatic carbocycles. The van der Waals surface area contributed by atoms with Crippen molar-refractivity contribution in [2.45, 2.75) is 7.43 Å². The summed E-state index contributed by atoms with van der Waals surface area (Å²) >= 11 is 10.5. The predicted octanol–water partition coefficient (Wildman–Crippen LogP) is 30.5. The van der Waals surface area contributed by atoms with Crippen LogP contribution in [0.25, 0.3) is 98.8 Å². The second-order valence-electron chi connectivity index (χ2n) is 32.8. The summed E-state index contributed by atoms with van der Waals surface area (Å²) in [6.45, 7) is 0. The van der Waals surface area contributed by atoms with E-state index in [2.05, 4.69) is 515 Å². The number of fused-ring (bicyclic) bond motifs is 8. The monoisotopic (exact) mass is 2190 g/mol. The molecule has 694 valence electrons. The minimum Gasteiger partial charge on any atom is -0.456 e. The maximum atomic E-state index is 9.58. The number of rotatable bonds is 16. The number of halogens is 3. The van der Waals surface area contributed by atoms with Gasteiger partial charge in [0.05, 0.1) is 0 Å². The molecule has 0 saturated heterocycles. The summed E-state index contributed by atoms with van der Waals surface area (Å²) in [5.74, 6) is 0.